The fourth-order valence-electron chi connectivity index (χ4n) is 1.55. The van der Waals surface area contributed by atoms with E-state index in [2.05, 4.69) is 5.32 Å². The molecule has 1 unspecified atom stereocenters. The normalized spacial score (nSPS) is 12.2. The molecule has 0 bridgehead atoms. The summed E-state index contributed by atoms with van der Waals surface area (Å²) in [5.41, 5.74) is 6.58. The first kappa shape index (κ1) is 13.6. The van der Waals surface area contributed by atoms with Crippen molar-refractivity contribution in [2.45, 2.75) is 26.3 Å². The Balaban J connectivity index is 2.75. The maximum absolute atomic E-state index is 11.7. The predicted molar refractivity (Wildman–Crippen MR) is 73.6 cm³/mol. The first-order valence-corrected chi connectivity index (χ1v) is 6.05. The highest BCUT2D eigenvalue weighted by Gasteiger charge is 2.17. The zero-order valence-electron chi connectivity index (χ0n) is 10.1. The van der Waals surface area contributed by atoms with Gasteiger partial charge in [-0.15, -0.1) is 0 Å². The second-order valence-electron chi connectivity index (χ2n) is 4.41. The number of benzene rings is 1. The molecule has 0 fully saturated rings. The second kappa shape index (κ2) is 6.35. The van der Waals surface area contributed by atoms with Crippen LogP contribution in [0, 0.1) is 5.92 Å². The number of hydrogen-bond donors (Lipinski definition) is 2. The van der Waals surface area contributed by atoms with Crippen LogP contribution in [0.15, 0.2) is 30.3 Å². The third-order valence-electron chi connectivity index (χ3n) is 2.32. The van der Waals surface area contributed by atoms with E-state index in [9.17, 15) is 4.79 Å². The van der Waals surface area contributed by atoms with Gasteiger partial charge in [0.15, 0.2) is 0 Å². The molecule has 0 saturated heterocycles. The van der Waals surface area contributed by atoms with Crippen molar-refractivity contribution in [1.82, 2.24) is 5.32 Å². The quantitative estimate of drug-likeness (QED) is 0.788. The van der Waals surface area contributed by atoms with Gasteiger partial charge in [0.2, 0.25) is 5.91 Å². The van der Waals surface area contributed by atoms with Gasteiger partial charge in [-0.05, 0) is 11.5 Å². The molecule has 1 aromatic rings. The molecule has 0 saturated carbocycles. The van der Waals surface area contributed by atoms with Crippen molar-refractivity contribution in [2.24, 2.45) is 11.7 Å². The molecule has 1 aromatic carbocycles. The van der Waals surface area contributed by atoms with E-state index in [1.165, 1.54) is 0 Å². The second-order valence-corrected chi connectivity index (χ2v) is 4.88. The van der Waals surface area contributed by atoms with E-state index in [0.29, 0.717) is 12.3 Å². The smallest absolute Gasteiger partial charge is 0.221 e. The van der Waals surface area contributed by atoms with Gasteiger partial charge in [0.05, 0.1) is 0 Å². The van der Waals surface area contributed by atoms with Crippen molar-refractivity contribution >= 4 is 23.1 Å². The minimum absolute atomic E-state index is 0.0262. The number of carbonyl (C=O) groups excluding carboxylic acids is 1. The number of rotatable bonds is 5. The standard InChI is InChI=1S/C13H18N2OS/c1-9(2)8-11(16)15-12(13(14)17)10-6-4-3-5-7-10/h3-7,9,12H,8H2,1-2H3,(H2,14,17)(H,15,16). The van der Waals surface area contributed by atoms with Crippen molar-refractivity contribution in [3.63, 3.8) is 0 Å². The minimum atomic E-state index is -0.377. The average Bonchev–Trinajstić information content (AvgIpc) is 2.25. The van der Waals surface area contributed by atoms with Crippen molar-refractivity contribution < 1.29 is 4.79 Å². The van der Waals surface area contributed by atoms with E-state index in [1.807, 2.05) is 44.2 Å². The topological polar surface area (TPSA) is 55.1 Å². The van der Waals surface area contributed by atoms with E-state index in [0.717, 1.165) is 5.56 Å². The van der Waals surface area contributed by atoms with Crippen molar-refractivity contribution in [3.05, 3.63) is 35.9 Å². The van der Waals surface area contributed by atoms with Crippen molar-refractivity contribution in [3.8, 4) is 0 Å². The Kier molecular flexibility index (Phi) is 5.10. The largest absolute Gasteiger partial charge is 0.391 e. The molecule has 0 aliphatic carbocycles. The molecule has 1 rings (SSSR count). The third kappa shape index (κ3) is 4.53. The van der Waals surface area contributed by atoms with Gasteiger partial charge in [-0.1, -0.05) is 56.4 Å². The zero-order valence-corrected chi connectivity index (χ0v) is 11.0. The van der Waals surface area contributed by atoms with Crippen LogP contribution in [-0.2, 0) is 4.79 Å². The third-order valence-corrected chi connectivity index (χ3v) is 2.55. The summed E-state index contributed by atoms with van der Waals surface area (Å²) in [5.74, 6) is 0.291. The molecule has 0 aliphatic heterocycles. The molecule has 1 amide bonds. The van der Waals surface area contributed by atoms with Gasteiger partial charge in [0.25, 0.3) is 0 Å². The monoisotopic (exact) mass is 250 g/mol. The van der Waals surface area contributed by atoms with Crippen LogP contribution in [0.1, 0.15) is 31.9 Å². The van der Waals surface area contributed by atoms with E-state index >= 15 is 0 Å². The molecular weight excluding hydrogens is 232 g/mol. The van der Waals surface area contributed by atoms with E-state index in [1.54, 1.807) is 0 Å². The molecule has 0 aliphatic rings. The summed E-state index contributed by atoms with van der Waals surface area (Å²) >= 11 is 4.99. The SMILES string of the molecule is CC(C)CC(=O)NC(C(N)=S)c1ccccc1. The lowest BCUT2D eigenvalue weighted by atomic mass is 10.1. The van der Waals surface area contributed by atoms with Gasteiger partial charge in [0.1, 0.15) is 11.0 Å². The molecule has 0 spiro atoms. The van der Waals surface area contributed by atoms with Crippen molar-refractivity contribution in [2.75, 3.05) is 0 Å². The molecule has 0 heterocycles. The highest BCUT2D eigenvalue weighted by Crippen LogP contribution is 2.13. The summed E-state index contributed by atoms with van der Waals surface area (Å²) in [4.78, 5) is 12.0. The number of nitrogens with two attached hydrogens (primary N) is 1. The molecule has 0 radical (unpaired) electrons. The fourth-order valence-corrected chi connectivity index (χ4v) is 1.75. The van der Waals surface area contributed by atoms with Crippen LogP contribution in [0.2, 0.25) is 0 Å². The molecule has 17 heavy (non-hydrogen) atoms. The summed E-state index contributed by atoms with van der Waals surface area (Å²) in [5, 5.41) is 2.86. The minimum Gasteiger partial charge on any atom is -0.391 e. The Hall–Kier alpha value is -1.42. The van der Waals surface area contributed by atoms with E-state index in [-0.39, 0.29) is 16.9 Å². The van der Waals surface area contributed by atoms with Gasteiger partial charge in [-0.3, -0.25) is 4.79 Å². The molecule has 92 valence electrons. The number of carbonyl (C=O) groups is 1. The van der Waals surface area contributed by atoms with Crippen LogP contribution >= 0.6 is 12.2 Å². The highest BCUT2D eigenvalue weighted by molar-refractivity contribution is 7.80. The van der Waals surface area contributed by atoms with Crippen LogP contribution in [0.3, 0.4) is 0 Å². The Morgan fingerprint density at radius 2 is 1.94 bits per heavy atom. The van der Waals surface area contributed by atoms with Gasteiger partial charge >= 0.3 is 0 Å². The molecular formula is C13H18N2OS. The first-order valence-electron chi connectivity index (χ1n) is 5.64. The van der Waals surface area contributed by atoms with Gasteiger partial charge in [-0.25, -0.2) is 0 Å². The number of amides is 1. The lowest BCUT2D eigenvalue weighted by molar-refractivity contribution is -0.122. The van der Waals surface area contributed by atoms with Gasteiger partial charge in [0, 0.05) is 6.42 Å². The Labute approximate surface area is 107 Å². The lowest BCUT2D eigenvalue weighted by Crippen LogP contribution is -2.36. The number of nitrogens with one attached hydrogen (secondary N) is 1. The van der Waals surface area contributed by atoms with E-state index < -0.39 is 0 Å². The van der Waals surface area contributed by atoms with Crippen LogP contribution in [-0.4, -0.2) is 10.9 Å². The summed E-state index contributed by atoms with van der Waals surface area (Å²) < 4.78 is 0. The number of thiocarbonyl (C=S) groups is 1. The Morgan fingerprint density at radius 1 is 1.35 bits per heavy atom. The fraction of sp³-hybridized carbons (Fsp3) is 0.385. The van der Waals surface area contributed by atoms with Crippen LogP contribution in [0.4, 0.5) is 0 Å². The van der Waals surface area contributed by atoms with E-state index in [4.69, 9.17) is 18.0 Å². The summed E-state index contributed by atoms with van der Waals surface area (Å²) in [7, 11) is 0. The zero-order chi connectivity index (χ0) is 12.8. The maximum Gasteiger partial charge on any atom is 0.221 e. The average molecular weight is 250 g/mol. The van der Waals surface area contributed by atoms with Crippen LogP contribution < -0.4 is 11.1 Å². The van der Waals surface area contributed by atoms with Crippen LogP contribution in [0.25, 0.3) is 0 Å². The molecule has 3 nitrogen and oxygen atoms in total. The van der Waals surface area contributed by atoms with Crippen molar-refractivity contribution in [1.29, 1.82) is 0 Å². The maximum atomic E-state index is 11.7. The lowest BCUT2D eigenvalue weighted by Gasteiger charge is -2.18. The Bertz CT molecular complexity index is 390. The Morgan fingerprint density at radius 3 is 2.41 bits per heavy atom. The molecule has 0 aromatic heterocycles. The van der Waals surface area contributed by atoms with Gasteiger partial charge in [-0.2, -0.15) is 0 Å². The first-order chi connectivity index (χ1) is 8.00. The van der Waals surface area contributed by atoms with Gasteiger partial charge < -0.3 is 11.1 Å². The predicted octanol–water partition coefficient (Wildman–Crippen LogP) is 2.18. The summed E-state index contributed by atoms with van der Waals surface area (Å²) in [6.45, 7) is 4.00. The molecule has 3 N–H and O–H groups in total. The molecule has 4 heteroatoms. The molecule has 1 atom stereocenters. The van der Waals surface area contributed by atoms with Crippen LogP contribution in [0.5, 0.6) is 0 Å². The summed E-state index contributed by atoms with van der Waals surface area (Å²) in [6, 6.07) is 9.14. The number of hydrogen-bond acceptors (Lipinski definition) is 2. The highest BCUT2D eigenvalue weighted by atomic mass is 32.1. The summed E-state index contributed by atoms with van der Waals surface area (Å²) in [6.07, 6.45) is 0.478.